The fourth-order valence-electron chi connectivity index (χ4n) is 3.15. The quantitative estimate of drug-likeness (QED) is 0.835. The Morgan fingerprint density at radius 3 is 2.72 bits per heavy atom. The van der Waals surface area contributed by atoms with E-state index in [-0.39, 0.29) is 17.4 Å². The van der Waals surface area contributed by atoms with E-state index in [1.165, 1.54) is 24.8 Å². The molecule has 1 aromatic heterocycles. The highest BCUT2D eigenvalue weighted by molar-refractivity contribution is 5.95. The summed E-state index contributed by atoms with van der Waals surface area (Å²) in [5.41, 5.74) is 2.19. The summed E-state index contributed by atoms with van der Waals surface area (Å²) in [5, 5.41) is 12.1. The van der Waals surface area contributed by atoms with Crippen molar-refractivity contribution in [1.82, 2.24) is 10.3 Å². The molecule has 3 rings (SSSR count). The van der Waals surface area contributed by atoms with Gasteiger partial charge in [-0.3, -0.25) is 4.79 Å². The Bertz CT molecular complexity index is 804. The number of carboxylic acids is 1. The molecule has 130 valence electrons. The summed E-state index contributed by atoms with van der Waals surface area (Å²) in [5.74, 6) is -1.31. The molecular formula is C19H20N2O4. The summed E-state index contributed by atoms with van der Waals surface area (Å²) in [4.78, 5) is 27.8. The molecule has 6 heteroatoms. The van der Waals surface area contributed by atoms with Gasteiger partial charge in [-0.25, -0.2) is 9.78 Å². The summed E-state index contributed by atoms with van der Waals surface area (Å²) >= 11 is 0. The second-order valence-corrected chi connectivity index (χ2v) is 6.05. The zero-order valence-corrected chi connectivity index (χ0v) is 14.0. The number of rotatable bonds is 4. The molecule has 0 saturated heterocycles. The molecule has 0 aliphatic heterocycles. The summed E-state index contributed by atoms with van der Waals surface area (Å²) in [6.07, 6.45) is 3.96. The molecule has 2 N–H and O–H groups in total. The Morgan fingerprint density at radius 2 is 1.96 bits per heavy atom. The van der Waals surface area contributed by atoms with Gasteiger partial charge in [0.05, 0.1) is 13.2 Å². The number of nitrogens with zero attached hydrogens (tertiary/aromatic N) is 1. The number of benzene rings is 1. The second kappa shape index (κ2) is 7.34. The first kappa shape index (κ1) is 17.0. The monoisotopic (exact) mass is 340 g/mol. The van der Waals surface area contributed by atoms with E-state index >= 15 is 0 Å². The number of carbonyl (C=O) groups is 2. The lowest BCUT2D eigenvalue weighted by Crippen LogP contribution is -2.29. The highest BCUT2D eigenvalue weighted by Crippen LogP contribution is 2.28. The number of fused-ring (bicyclic) bond motifs is 1. The fourth-order valence-corrected chi connectivity index (χ4v) is 3.15. The van der Waals surface area contributed by atoms with Gasteiger partial charge in [0.2, 0.25) is 0 Å². The molecule has 1 heterocycles. The van der Waals surface area contributed by atoms with Crippen LogP contribution in [0.2, 0.25) is 0 Å². The fraction of sp³-hybridized carbons (Fsp3) is 0.316. The number of ether oxygens (including phenoxy) is 1. The molecule has 0 fully saturated rings. The maximum Gasteiger partial charge on any atom is 0.354 e. The third-order valence-electron chi connectivity index (χ3n) is 4.41. The van der Waals surface area contributed by atoms with Crippen molar-refractivity contribution in [3.05, 3.63) is 58.9 Å². The first-order valence-corrected chi connectivity index (χ1v) is 8.26. The first-order chi connectivity index (χ1) is 12.1. The molecule has 2 aromatic rings. The van der Waals surface area contributed by atoms with E-state index in [1.54, 1.807) is 0 Å². The average molecular weight is 340 g/mol. The molecule has 1 atom stereocenters. The molecule has 25 heavy (non-hydrogen) atoms. The third-order valence-corrected chi connectivity index (χ3v) is 4.41. The summed E-state index contributed by atoms with van der Waals surface area (Å²) in [6.45, 7) is 0. The molecule has 1 aliphatic carbocycles. The number of methoxy groups -OCH3 is 1. The van der Waals surface area contributed by atoms with Crippen molar-refractivity contribution in [1.29, 1.82) is 0 Å². The Kier molecular flexibility index (Phi) is 4.97. The standard InChI is InChI=1S/C19H20N2O4/c1-25-13-10-16(20-17(11-13)19(23)24)18(22)21-15-9-5-3-7-12-6-2-4-8-14(12)15/h2,4,6,8,10-11,15H,3,5,7,9H2,1H3,(H,21,22)(H,23,24). The number of pyridine rings is 1. The van der Waals surface area contributed by atoms with Crippen LogP contribution in [-0.4, -0.2) is 29.1 Å². The largest absolute Gasteiger partial charge is 0.497 e. The van der Waals surface area contributed by atoms with Gasteiger partial charge in [0.15, 0.2) is 5.69 Å². The SMILES string of the molecule is COc1cc(C(=O)O)nc(C(=O)NC2CCCCc3ccccc32)c1. The van der Waals surface area contributed by atoms with Crippen LogP contribution < -0.4 is 10.1 Å². The van der Waals surface area contributed by atoms with Crippen molar-refractivity contribution in [2.45, 2.75) is 31.7 Å². The van der Waals surface area contributed by atoms with Crippen molar-refractivity contribution in [3.63, 3.8) is 0 Å². The molecule has 0 bridgehead atoms. The minimum atomic E-state index is -1.20. The Labute approximate surface area is 145 Å². The molecule has 0 spiro atoms. The second-order valence-electron chi connectivity index (χ2n) is 6.05. The van der Waals surface area contributed by atoms with Crippen molar-refractivity contribution < 1.29 is 19.4 Å². The van der Waals surface area contributed by atoms with E-state index in [9.17, 15) is 9.59 Å². The predicted molar refractivity (Wildman–Crippen MR) is 92.0 cm³/mol. The summed E-state index contributed by atoms with van der Waals surface area (Å²) < 4.78 is 5.08. The van der Waals surface area contributed by atoms with Gasteiger partial charge in [-0.2, -0.15) is 0 Å². The van der Waals surface area contributed by atoms with Crippen LogP contribution in [0.1, 0.15) is 57.4 Å². The van der Waals surface area contributed by atoms with Crippen molar-refractivity contribution >= 4 is 11.9 Å². The highest BCUT2D eigenvalue weighted by atomic mass is 16.5. The van der Waals surface area contributed by atoms with Crippen molar-refractivity contribution in [3.8, 4) is 5.75 Å². The maximum atomic E-state index is 12.7. The number of carboxylic acid groups (broad SMARTS) is 1. The number of aromatic nitrogens is 1. The minimum Gasteiger partial charge on any atom is -0.497 e. The van der Waals surface area contributed by atoms with Gasteiger partial charge in [-0.1, -0.05) is 30.7 Å². The molecule has 1 unspecified atom stereocenters. The Morgan fingerprint density at radius 1 is 1.20 bits per heavy atom. The number of hydrogen-bond acceptors (Lipinski definition) is 4. The van der Waals surface area contributed by atoms with Gasteiger partial charge in [-0.15, -0.1) is 0 Å². The first-order valence-electron chi connectivity index (χ1n) is 8.26. The van der Waals surface area contributed by atoms with Crippen LogP contribution >= 0.6 is 0 Å². The topological polar surface area (TPSA) is 88.5 Å². The Balaban J connectivity index is 1.87. The van der Waals surface area contributed by atoms with E-state index < -0.39 is 11.9 Å². The van der Waals surface area contributed by atoms with Crippen LogP contribution in [0.3, 0.4) is 0 Å². The maximum absolute atomic E-state index is 12.7. The zero-order chi connectivity index (χ0) is 17.8. The van der Waals surface area contributed by atoms with Crippen molar-refractivity contribution in [2.24, 2.45) is 0 Å². The van der Waals surface area contributed by atoms with Crippen LogP contribution in [0.15, 0.2) is 36.4 Å². The Hall–Kier alpha value is -2.89. The van der Waals surface area contributed by atoms with E-state index in [0.29, 0.717) is 5.75 Å². The van der Waals surface area contributed by atoms with Crippen molar-refractivity contribution in [2.75, 3.05) is 7.11 Å². The van der Waals surface area contributed by atoms with Gasteiger partial charge in [0.1, 0.15) is 11.4 Å². The highest BCUT2D eigenvalue weighted by Gasteiger charge is 2.22. The lowest BCUT2D eigenvalue weighted by atomic mass is 9.99. The number of carbonyl (C=O) groups excluding carboxylic acids is 1. The molecular weight excluding hydrogens is 320 g/mol. The van der Waals surface area contributed by atoms with Crippen LogP contribution in [0.4, 0.5) is 0 Å². The van der Waals surface area contributed by atoms with Gasteiger partial charge in [0.25, 0.3) is 5.91 Å². The molecule has 0 radical (unpaired) electrons. The van der Waals surface area contributed by atoms with Gasteiger partial charge in [0, 0.05) is 12.1 Å². The van der Waals surface area contributed by atoms with Gasteiger partial charge < -0.3 is 15.2 Å². The zero-order valence-electron chi connectivity index (χ0n) is 14.0. The normalized spacial score (nSPS) is 16.4. The number of nitrogens with one attached hydrogen (secondary N) is 1. The van der Waals surface area contributed by atoms with Crippen LogP contribution in [-0.2, 0) is 6.42 Å². The van der Waals surface area contributed by atoms with E-state index in [0.717, 1.165) is 31.2 Å². The van der Waals surface area contributed by atoms with Crippen LogP contribution in [0, 0.1) is 0 Å². The molecule has 1 aliphatic rings. The molecule has 0 saturated carbocycles. The average Bonchev–Trinajstić information content (AvgIpc) is 2.83. The minimum absolute atomic E-state index is 0.0403. The molecule has 6 nitrogen and oxygen atoms in total. The van der Waals surface area contributed by atoms with E-state index in [4.69, 9.17) is 9.84 Å². The predicted octanol–water partition coefficient (Wildman–Crippen LogP) is 2.99. The molecule has 1 aromatic carbocycles. The number of hydrogen-bond donors (Lipinski definition) is 2. The number of aromatic carboxylic acids is 1. The number of amides is 1. The van der Waals surface area contributed by atoms with Gasteiger partial charge >= 0.3 is 5.97 Å². The summed E-state index contributed by atoms with van der Waals surface area (Å²) in [6, 6.07) is 10.7. The summed E-state index contributed by atoms with van der Waals surface area (Å²) in [7, 11) is 1.42. The number of aryl methyl sites for hydroxylation is 1. The van der Waals surface area contributed by atoms with E-state index in [1.807, 2.05) is 18.2 Å². The van der Waals surface area contributed by atoms with E-state index in [2.05, 4.69) is 16.4 Å². The lowest BCUT2D eigenvalue weighted by molar-refractivity contribution is 0.0690. The lowest BCUT2D eigenvalue weighted by Gasteiger charge is -2.19. The molecule has 1 amide bonds. The van der Waals surface area contributed by atoms with Gasteiger partial charge in [-0.05, 0) is 30.4 Å². The smallest absolute Gasteiger partial charge is 0.354 e. The van der Waals surface area contributed by atoms with Crippen LogP contribution in [0.25, 0.3) is 0 Å². The third kappa shape index (κ3) is 3.79. The van der Waals surface area contributed by atoms with Crippen LogP contribution in [0.5, 0.6) is 5.75 Å².